The number of thioether (sulfide) groups is 2. The predicted octanol–water partition coefficient (Wildman–Crippen LogP) is 7.45. The van der Waals surface area contributed by atoms with Crippen LogP contribution in [0.3, 0.4) is 0 Å². The number of rotatable bonds is 18. The first-order chi connectivity index (χ1) is 14.4. The van der Waals surface area contributed by atoms with Crippen molar-refractivity contribution in [1.82, 2.24) is 0 Å². The third-order valence-electron chi connectivity index (χ3n) is 4.94. The Bertz CT molecular complexity index is 456. The second-order valence-corrected chi connectivity index (χ2v) is 21.8. The fourth-order valence-electron chi connectivity index (χ4n) is 2.99. The SMILES string of the molecule is CC(C)CCCCCSC(C)C(=O)[O][Sn]([CH3])([CH3])[O]C(=O)C(C)SCCCCCC(C)C. The number of hydrogen-bond donors (Lipinski definition) is 0. The van der Waals surface area contributed by atoms with Crippen molar-refractivity contribution in [3.05, 3.63) is 0 Å². The predicted molar refractivity (Wildman–Crippen MR) is 140 cm³/mol. The molecule has 0 aliphatic rings. The summed E-state index contributed by atoms with van der Waals surface area (Å²) in [4.78, 5) is 28.6. The van der Waals surface area contributed by atoms with Crippen molar-refractivity contribution in [3.63, 3.8) is 0 Å². The molecule has 4 nitrogen and oxygen atoms in total. The Labute approximate surface area is 206 Å². The molecule has 0 aromatic heterocycles. The maximum atomic E-state index is 12.5. The van der Waals surface area contributed by atoms with E-state index in [0.29, 0.717) is 0 Å². The molecule has 0 fully saturated rings. The number of carbonyl (C=O) groups is 2. The Balaban J connectivity index is 4.10. The summed E-state index contributed by atoms with van der Waals surface area (Å²) in [6.07, 6.45) is 9.72. The fraction of sp³-hybridized carbons (Fsp3) is 0.917. The monoisotopic (exact) mass is 584 g/mol. The maximum absolute atomic E-state index is 12.5. The van der Waals surface area contributed by atoms with Gasteiger partial charge in [-0.1, -0.05) is 0 Å². The van der Waals surface area contributed by atoms with Gasteiger partial charge in [0, 0.05) is 0 Å². The van der Waals surface area contributed by atoms with E-state index < -0.39 is 19.2 Å². The van der Waals surface area contributed by atoms with Gasteiger partial charge in [0.2, 0.25) is 0 Å². The van der Waals surface area contributed by atoms with E-state index >= 15 is 0 Å². The zero-order valence-corrected chi connectivity index (χ0v) is 25.8. The summed E-state index contributed by atoms with van der Waals surface area (Å²) in [6.45, 7) is 12.8. The number of unbranched alkanes of at least 4 members (excludes halogenated alkanes) is 4. The van der Waals surface area contributed by atoms with E-state index in [1.165, 1.54) is 38.5 Å². The first-order valence-electron chi connectivity index (χ1n) is 12.1. The van der Waals surface area contributed by atoms with Gasteiger partial charge in [0.15, 0.2) is 0 Å². The van der Waals surface area contributed by atoms with Gasteiger partial charge in [-0.25, -0.2) is 0 Å². The molecule has 0 aliphatic carbocycles. The average Bonchev–Trinajstić information content (AvgIpc) is 2.65. The van der Waals surface area contributed by atoms with Crippen LogP contribution in [0.25, 0.3) is 0 Å². The molecule has 0 saturated carbocycles. The van der Waals surface area contributed by atoms with E-state index in [-0.39, 0.29) is 22.4 Å². The van der Waals surface area contributed by atoms with Gasteiger partial charge in [-0.2, -0.15) is 0 Å². The quantitative estimate of drug-likeness (QED) is 0.123. The van der Waals surface area contributed by atoms with Crippen molar-refractivity contribution in [2.24, 2.45) is 11.8 Å². The molecular formula is C24H48O4S2Sn. The first kappa shape index (κ1) is 31.4. The third kappa shape index (κ3) is 18.5. The molecule has 0 bridgehead atoms. The standard InChI is InChI=1S/2C11H22O2S.2CH3.Sn/c2*1-9(2)7-5-4-6-8-14-10(3)11(12)13;;;/h2*9-10H,4-8H2,1-3H3,(H,12,13);2*1H3;/q;;;;+2/p-2. The molecule has 0 aromatic rings. The van der Waals surface area contributed by atoms with Crippen molar-refractivity contribution in [3.8, 4) is 0 Å². The first-order valence-corrected chi connectivity index (χ1v) is 22.3. The summed E-state index contributed by atoms with van der Waals surface area (Å²) < 4.78 is 11.4. The van der Waals surface area contributed by atoms with Gasteiger partial charge in [0.05, 0.1) is 0 Å². The van der Waals surface area contributed by atoms with Gasteiger partial charge in [-0.3, -0.25) is 0 Å². The van der Waals surface area contributed by atoms with E-state index in [9.17, 15) is 9.59 Å². The summed E-state index contributed by atoms with van der Waals surface area (Å²) in [5.41, 5.74) is 0. The van der Waals surface area contributed by atoms with Crippen LogP contribution in [0, 0.1) is 11.8 Å². The van der Waals surface area contributed by atoms with E-state index in [0.717, 1.165) is 36.2 Å². The normalized spacial score (nSPS) is 14.0. The van der Waals surface area contributed by atoms with Crippen LogP contribution in [0.5, 0.6) is 0 Å². The molecule has 0 aliphatic heterocycles. The Morgan fingerprint density at radius 1 is 0.645 bits per heavy atom. The van der Waals surface area contributed by atoms with E-state index in [4.69, 9.17) is 6.15 Å². The van der Waals surface area contributed by atoms with Crippen LogP contribution < -0.4 is 0 Å². The van der Waals surface area contributed by atoms with Crippen LogP contribution >= 0.6 is 23.5 Å². The van der Waals surface area contributed by atoms with Gasteiger partial charge in [0.25, 0.3) is 0 Å². The van der Waals surface area contributed by atoms with Crippen molar-refractivity contribution in [1.29, 1.82) is 0 Å². The Kier molecular flexibility index (Phi) is 18.1. The number of hydrogen-bond acceptors (Lipinski definition) is 6. The van der Waals surface area contributed by atoms with Crippen LogP contribution in [0.2, 0.25) is 9.88 Å². The van der Waals surface area contributed by atoms with Crippen LogP contribution in [0.15, 0.2) is 0 Å². The molecule has 0 N–H and O–H groups in total. The van der Waals surface area contributed by atoms with Gasteiger partial charge in [-0.15, -0.1) is 0 Å². The molecule has 0 amide bonds. The van der Waals surface area contributed by atoms with Crippen LogP contribution in [-0.4, -0.2) is 53.1 Å². The molecule has 7 heteroatoms. The van der Waals surface area contributed by atoms with Crippen LogP contribution in [0.1, 0.15) is 92.9 Å². The second kappa shape index (κ2) is 17.9. The van der Waals surface area contributed by atoms with Gasteiger partial charge < -0.3 is 0 Å². The van der Waals surface area contributed by atoms with E-state index in [2.05, 4.69) is 27.7 Å². The molecule has 0 radical (unpaired) electrons. The third-order valence-corrected chi connectivity index (χ3v) is 11.3. The summed E-state index contributed by atoms with van der Waals surface area (Å²) in [5, 5.41) is -0.421. The molecular weight excluding hydrogens is 535 g/mol. The van der Waals surface area contributed by atoms with Gasteiger partial charge in [0.1, 0.15) is 0 Å². The van der Waals surface area contributed by atoms with Crippen molar-refractivity contribution in [2.45, 2.75) is 113 Å². The summed E-state index contributed by atoms with van der Waals surface area (Å²) in [6, 6.07) is 0. The summed E-state index contributed by atoms with van der Waals surface area (Å²) in [7, 11) is 0. The van der Waals surface area contributed by atoms with Crippen LogP contribution in [-0.2, 0) is 15.7 Å². The fourth-order valence-corrected chi connectivity index (χ4v) is 9.19. The molecule has 31 heavy (non-hydrogen) atoms. The molecule has 2 atom stereocenters. The molecule has 0 spiro atoms. The van der Waals surface area contributed by atoms with Crippen LogP contribution in [0.4, 0.5) is 0 Å². The molecule has 0 saturated heterocycles. The Morgan fingerprint density at radius 3 is 1.32 bits per heavy atom. The van der Waals surface area contributed by atoms with Crippen molar-refractivity contribution in [2.75, 3.05) is 11.5 Å². The Morgan fingerprint density at radius 2 is 1.00 bits per heavy atom. The molecule has 184 valence electrons. The summed E-state index contributed by atoms with van der Waals surface area (Å²) in [5.74, 6) is 2.99. The minimum absolute atomic E-state index is 0.211. The molecule has 2 unspecified atom stereocenters. The average molecular weight is 583 g/mol. The second-order valence-electron chi connectivity index (χ2n) is 9.75. The number of carbonyl (C=O) groups excluding carboxylic acids is 2. The zero-order valence-electron chi connectivity index (χ0n) is 21.3. The minimum atomic E-state index is -3.64. The van der Waals surface area contributed by atoms with Gasteiger partial charge >= 0.3 is 207 Å². The zero-order chi connectivity index (χ0) is 23.9. The molecule has 0 rings (SSSR count). The Hall–Kier alpha value is 0.439. The van der Waals surface area contributed by atoms with E-state index in [1.54, 1.807) is 23.5 Å². The molecule has 0 aromatic carbocycles. The summed E-state index contributed by atoms with van der Waals surface area (Å²) >= 11 is -0.351. The van der Waals surface area contributed by atoms with E-state index in [1.807, 2.05) is 23.7 Å². The van der Waals surface area contributed by atoms with Crippen molar-refractivity contribution >= 4 is 54.7 Å². The van der Waals surface area contributed by atoms with Gasteiger partial charge in [-0.05, 0) is 0 Å². The molecule has 0 heterocycles. The topological polar surface area (TPSA) is 52.6 Å². The van der Waals surface area contributed by atoms with Crippen molar-refractivity contribution < 1.29 is 15.7 Å².